The molecular formula is C15H19N3O2S. The van der Waals surface area contributed by atoms with Crippen LogP contribution in [0.1, 0.15) is 40.0 Å². The highest BCUT2D eigenvalue weighted by atomic mass is 32.1. The number of thiazole rings is 1. The number of furan rings is 1. The van der Waals surface area contributed by atoms with Crippen molar-refractivity contribution in [3.05, 3.63) is 40.2 Å². The number of aromatic nitrogens is 1. The van der Waals surface area contributed by atoms with Crippen molar-refractivity contribution in [3.8, 4) is 0 Å². The van der Waals surface area contributed by atoms with Gasteiger partial charge < -0.3 is 9.73 Å². The van der Waals surface area contributed by atoms with E-state index in [1.807, 2.05) is 19.1 Å². The number of likely N-dealkylation sites (tertiary alicyclic amines) is 1. The van der Waals surface area contributed by atoms with E-state index in [0.717, 1.165) is 24.5 Å². The molecule has 0 aromatic carbocycles. The number of amides is 1. The van der Waals surface area contributed by atoms with Crippen LogP contribution in [-0.2, 0) is 0 Å². The molecule has 0 saturated carbocycles. The molecule has 0 radical (unpaired) electrons. The average Bonchev–Trinajstić information content (AvgIpc) is 3.21. The molecule has 1 N–H and O–H groups in total. The largest absolute Gasteiger partial charge is 0.468 e. The van der Waals surface area contributed by atoms with Crippen LogP contribution in [0.15, 0.2) is 28.3 Å². The van der Waals surface area contributed by atoms with Gasteiger partial charge in [-0.05, 0) is 45.0 Å². The quantitative estimate of drug-likeness (QED) is 0.922. The second-order valence-corrected chi connectivity index (χ2v) is 6.11. The van der Waals surface area contributed by atoms with E-state index in [0.29, 0.717) is 11.4 Å². The molecule has 1 aliphatic heterocycles. The lowest BCUT2D eigenvalue weighted by Gasteiger charge is -2.25. The molecule has 2 aromatic rings. The van der Waals surface area contributed by atoms with E-state index >= 15 is 0 Å². The van der Waals surface area contributed by atoms with Crippen molar-refractivity contribution in [2.75, 3.05) is 19.6 Å². The highest BCUT2D eigenvalue weighted by Crippen LogP contribution is 2.25. The lowest BCUT2D eigenvalue weighted by Crippen LogP contribution is -2.36. The van der Waals surface area contributed by atoms with Crippen LogP contribution in [0.25, 0.3) is 0 Å². The van der Waals surface area contributed by atoms with E-state index in [-0.39, 0.29) is 11.9 Å². The van der Waals surface area contributed by atoms with Crippen LogP contribution in [-0.4, -0.2) is 35.4 Å². The minimum Gasteiger partial charge on any atom is -0.468 e. The standard InChI is InChI=1S/C15H19N3O2S/c1-11-14(21-10-17-11)15(19)16-9-12(13-5-4-8-20-13)18-6-2-3-7-18/h4-5,8,10,12H,2-3,6-7,9H2,1H3,(H,16,19)/t12-/m0/s1. The molecule has 0 unspecified atom stereocenters. The fraction of sp³-hybridized carbons (Fsp3) is 0.467. The molecule has 0 bridgehead atoms. The first kappa shape index (κ1) is 14.3. The SMILES string of the molecule is Cc1ncsc1C(=O)NC[C@@H](c1ccco1)N1CCCC1. The van der Waals surface area contributed by atoms with Gasteiger partial charge in [0, 0.05) is 6.54 Å². The van der Waals surface area contributed by atoms with Crippen LogP contribution >= 0.6 is 11.3 Å². The van der Waals surface area contributed by atoms with Crippen LogP contribution in [0.2, 0.25) is 0 Å². The smallest absolute Gasteiger partial charge is 0.263 e. The summed E-state index contributed by atoms with van der Waals surface area (Å²) in [5.74, 6) is 0.865. The van der Waals surface area contributed by atoms with Crippen LogP contribution < -0.4 is 5.32 Å². The first-order chi connectivity index (χ1) is 10.3. The third-order valence-electron chi connectivity index (χ3n) is 3.86. The van der Waals surface area contributed by atoms with E-state index in [1.54, 1.807) is 11.8 Å². The number of carbonyl (C=O) groups is 1. The van der Waals surface area contributed by atoms with Crippen LogP contribution in [0.3, 0.4) is 0 Å². The average molecular weight is 305 g/mol. The topological polar surface area (TPSA) is 58.4 Å². The molecule has 6 heteroatoms. The third kappa shape index (κ3) is 3.16. The molecule has 3 rings (SSSR count). The highest BCUT2D eigenvalue weighted by Gasteiger charge is 2.26. The van der Waals surface area contributed by atoms with Gasteiger partial charge in [0.2, 0.25) is 0 Å². The van der Waals surface area contributed by atoms with Crippen molar-refractivity contribution < 1.29 is 9.21 Å². The van der Waals surface area contributed by atoms with Crippen LogP contribution in [0.5, 0.6) is 0 Å². The Morgan fingerprint density at radius 3 is 2.95 bits per heavy atom. The first-order valence-corrected chi connectivity index (χ1v) is 8.09. The summed E-state index contributed by atoms with van der Waals surface area (Å²) < 4.78 is 5.55. The molecule has 0 aliphatic carbocycles. The number of carbonyl (C=O) groups excluding carboxylic acids is 1. The van der Waals surface area contributed by atoms with Crippen molar-refractivity contribution >= 4 is 17.2 Å². The maximum Gasteiger partial charge on any atom is 0.263 e. The van der Waals surface area contributed by atoms with Crippen molar-refractivity contribution in [1.29, 1.82) is 0 Å². The number of rotatable bonds is 5. The van der Waals surface area contributed by atoms with Gasteiger partial charge in [0.05, 0.1) is 23.5 Å². The molecule has 2 aromatic heterocycles. The lowest BCUT2D eigenvalue weighted by molar-refractivity contribution is 0.0937. The number of hydrogen-bond donors (Lipinski definition) is 1. The van der Waals surface area contributed by atoms with Gasteiger partial charge in [0.1, 0.15) is 10.6 Å². The monoisotopic (exact) mass is 305 g/mol. The maximum absolute atomic E-state index is 12.2. The van der Waals surface area contributed by atoms with Crippen molar-refractivity contribution in [3.63, 3.8) is 0 Å². The minimum atomic E-state index is -0.0502. The fourth-order valence-electron chi connectivity index (χ4n) is 2.73. The number of hydrogen-bond acceptors (Lipinski definition) is 5. The van der Waals surface area contributed by atoms with E-state index in [1.165, 1.54) is 24.2 Å². The van der Waals surface area contributed by atoms with E-state index in [4.69, 9.17) is 4.42 Å². The van der Waals surface area contributed by atoms with Gasteiger partial charge in [0.15, 0.2) is 0 Å². The highest BCUT2D eigenvalue weighted by molar-refractivity contribution is 7.11. The van der Waals surface area contributed by atoms with Crippen molar-refractivity contribution in [1.82, 2.24) is 15.2 Å². The normalized spacial score (nSPS) is 17.0. The van der Waals surface area contributed by atoms with Crippen molar-refractivity contribution in [2.24, 2.45) is 0 Å². The van der Waals surface area contributed by atoms with Gasteiger partial charge in [-0.2, -0.15) is 0 Å². The molecule has 112 valence electrons. The summed E-state index contributed by atoms with van der Waals surface area (Å²) in [7, 11) is 0. The molecule has 1 aliphatic rings. The maximum atomic E-state index is 12.2. The third-order valence-corrected chi connectivity index (χ3v) is 4.79. The van der Waals surface area contributed by atoms with E-state index in [2.05, 4.69) is 15.2 Å². The second-order valence-electron chi connectivity index (χ2n) is 5.25. The zero-order valence-corrected chi connectivity index (χ0v) is 12.9. The Morgan fingerprint density at radius 2 is 2.33 bits per heavy atom. The summed E-state index contributed by atoms with van der Waals surface area (Å²) in [5.41, 5.74) is 2.49. The molecule has 1 saturated heterocycles. The number of aryl methyl sites for hydroxylation is 1. The number of nitrogens with zero attached hydrogens (tertiary/aromatic N) is 2. The van der Waals surface area contributed by atoms with Gasteiger partial charge in [-0.1, -0.05) is 0 Å². The summed E-state index contributed by atoms with van der Waals surface area (Å²) in [4.78, 5) is 19.4. The molecule has 0 spiro atoms. The zero-order valence-electron chi connectivity index (χ0n) is 12.0. The molecule has 3 heterocycles. The zero-order chi connectivity index (χ0) is 14.7. The Kier molecular flexibility index (Phi) is 4.36. The summed E-state index contributed by atoms with van der Waals surface area (Å²) in [6, 6.07) is 3.99. The predicted octanol–water partition coefficient (Wildman–Crippen LogP) is 2.61. The van der Waals surface area contributed by atoms with Crippen LogP contribution in [0, 0.1) is 6.92 Å². The Balaban J connectivity index is 1.67. The van der Waals surface area contributed by atoms with Gasteiger partial charge in [-0.25, -0.2) is 4.98 Å². The van der Waals surface area contributed by atoms with Gasteiger partial charge in [0.25, 0.3) is 5.91 Å². The van der Waals surface area contributed by atoms with Crippen molar-refractivity contribution in [2.45, 2.75) is 25.8 Å². The summed E-state index contributed by atoms with van der Waals surface area (Å²) in [5, 5.41) is 3.02. The molecule has 1 atom stereocenters. The first-order valence-electron chi connectivity index (χ1n) is 7.21. The Bertz CT molecular complexity index is 588. The Hall–Kier alpha value is -1.66. The summed E-state index contributed by atoms with van der Waals surface area (Å²) in [6.45, 7) is 4.53. The Morgan fingerprint density at radius 1 is 1.52 bits per heavy atom. The molecular weight excluding hydrogens is 286 g/mol. The van der Waals surface area contributed by atoms with E-state index < -0.39 is 0 Å². The predicted molar refractivity (Wildman–Crippen MR) is 81.4 cm³/mol. The summed E-state index contributed by atoms with van der Waals surface area (Å²) in [6.07, 6.45) is 4.10. The number of nitrogens with one attached hydrogen (secondary N) is 1. The minimum absolute atomic E-state index is 0.0502. The molecule has 1 amide bonds. The molecule has 5 nitrogen and oxygen atoms in total. The molecule has 21 heavy (non-hydrogen) atoms. The fourth-order valence-corrected chi connectivity index (χ4v) is 3.45. The van der Waals surface area contributed by atoms with Crippen LogP contribution in [0.4, 0.5) is 0 Å². The van der Waals surface area contributed by atoms with Gasteiger partial charge in [-0.3, -0.25) is 9.69 Å². The van der Waals surface area contributed by atoms with Gasteiger partial charge in [-0.15, -0.1) is 11.3 Å². The second kappa shape index (κ2) is 6.41. The summed E-state index contributed by atoms with van der Waals surface area (Å²) >= 11 is 1.38. The van der Waals surface area contributed by atoms with Gasteiger partial charge >= 0.3 is 0 Å². The lowest BCUT2D eigenvalue weighted by atomic mass is 10.2. The Labute approximate surface area is 128 Å². The van der Waals surface area contributed by atoms with E-state index in [9.17, 15) is 4.79 Å². The molecule has 1 fully saturated rings.